The smallest absolute Gasteiger partial charge is 0.225 e. The lowest BCUT2D eigenvalue weighted by atomic mass is 10.1. The molecule has 2 aromatic rings. The van der Waals surface area contributed by atoms with Crippen molar-refractivity contribution in [2.24, 2.45) is 0 Å². The Morgan fingerprint density at radius 1 is 1.08 bits per heavy atom. The van der Waals surface area contributed by atoms with E-state index < -0.39 is 0 Å². The molecule has 1 aliphatic rings. The van der Waals surface area contributed by atoms with E-state index in [1.807, 2.05) is 37.3 Å². The van der Waals surface area contributed by atoms with Crippen molar-refractivity contribution in [1.82, 2.24) is 9.97 Å². The van der Waals surface area contributed by atoms with Gasteiger partial charge >= 0.3 is 0 Å². The van der Waals surface area contributed by atoms with Crippen LogP contribution in [-0.4, -0.2) is 16.0 Å². The van der Waals surface area contributed by atoms with Gasteiger partial charge in [-0.05, 0) is 31.4 Å². The number of nitrogens with one attached hydrogen (secondary N) is 2. The van der Waals surface area contributed by atoms with Crippen LogP contribution in [0.4, 0.5) is 11.8 Å². The molecule has 1 fully saturated rings. The summed E-state index contributed by atoms with van der Waals surface area (Å²) in [7, 11) is 0. The maximum atomic E-state index is 6.20. The summed E-state index contributed by atoms with van der Waals surface area (Å²) in [5.41, 5.74) is 2.00. The zero-order chi connectivity index (χ0) is 16.8. The van der Waals surface area contributed by atoms with Gasteiger partial charge in [0.05, 0.1) is 0 Å². The van der Waals surface area contributed by atoms with Gasteiger partial charge in [0.1, 0.15) is 5.82 Å². The van der Waals surface area contributed by atoms with Crippen LogP contribution < -0.4 is 10.6 Å². The Bertz CT molecular complexity index is 666. The van der Waals surface area contributed by atoms with Crippen molar-refractivity contribution < 1.29 is 0 Å². The van der Waals surface area contributed by atoms with E-state index in [9.17, 15) is 0 Å². The number of rotatable bonds is 5. The fourth-order valence-corrected chi connectivity index (χ4v) is 3.37. The molecule has 1 saturated carbocycles. The van der Waals surface area contributed by atoms with Crippen molar-refractivity contribution >= 4 is 23.4 Å². The summed E-state index contributed by atoms with van der Waals surface area (Å²) in [5.74, 6) is 1.56. The summed E-state index contributed by atoms with van der Waals surface area (Å²) in [6.07, 6.45) is 7.77. The van der Waals surface area contributed by atoms with Gasteiger partial charge < -0.3 is 10.6 Å². The molecule has 0 bridgehead atoms. The third-order valence-corrected chi connectivity index (χ3v) is 4.82. The molecular formula is C19H25ClN4. The molecule has 0 unspecified atom stereocenters. The maximum absolute atomic E-state index is 6.20. The van der Waals surface area contributed by atoms with Crippen LogP contribution in [0.1, 0.15) is 49.8 Å². The fourth-order valence-electron chi connectivity index (χ4n) is 3.17. The first kappa shape index (κ1) is 17.0. The Morgan fingerprint density at radius 2 is 1.83 bits per heavy atom. The molecule has 0 amide bonds. The van der Waals surface area contributed by atoms with Crippen molar-refractivity contribution in [1.29, 1.82) is 0 Å². The third kappa shape index (κ3) is 4.84. The van der Waals surface area contributed by atoms with Crippen LogP contribution in [-0.2, 0) is 6.54 Å². The van der Waals surface area contributed by atoms with Crippen molar-refractivity contribution in [2.45, 2.75) is 58.0 Å². The van der Waals surface area contributed by atoms with E-state index in [1.54, 1.807) is 0 Å². The van der Waals surface area contributed by atoms with Gasteiger partial charge in [0, 0.05) is 29.4 Å². The summed E-state index contributed by atoms with van der Waals surface area (Å²) in [5, 5.41) is 7.64. The van der Waals surface area contributed by atoms with Crippen LogP contribution in [0.2, 0.25) is 5.02 Å². The lowest BCUT2D eigenvalue weighted by Gasteiger charge is -2.18. The molecule has 3 rings (SSSR count). The van der Waals surface area contributed by atoms with Crippen LogP contribution in [0.15, 0.2) is 30.3 Å². The van der Waals surface area contributed by atoms with Gasteiger partial charge in [-0.25, -0.2) is 4.98 Å². The minimum absolute atomic E-state index is 0.526. The van der Waals surface area contributed by atoms with Crippen LogP contribution in [0, 0.1) is 6.92 Å². The Morgan fingerprint density at radius 3 is 2.58 bits per heavy atom. The molecule has 128 valence electrons. The average molecular weight is 345 g/mol. The Kier molecular flexibility index (Phi) is 5.91. The SMILES string of the molecule is Cc1cc(NC2CCCCCC2)nc(NCc2ccccc2Cl)n1. The molecule has 0 radical (unpaired) electrons. The summed E-state index contributed by atoms with van der Waals surface area (Å²) < 4.78 is 0. The number of anilines is 2. The number of hydrogen-bond donors (Lipinski definition) is 2. The maximum Gasteiger partial charge on any atom is 0.225 e. The first-order chi connectivity index (χ1) is 11.7. The molecule has 0 spiro atoms. The molecule has 0 aliphatic heterocycles. The Labute approximate surface area is 149 Å². The van der Waals surface area contributed by atoms with Crippen molar-refractivity contribution in [3.05, 3.63) is 46.6 Å². The molecule has 4 nitrogen and oxygen atoms in total. The van der Waals surface area contributed by atoms with Gasteiger partial charge in [0.25, 0.3) is 0 Å². The Balaban J connectivity index is 1.66. The first-order valence-corrected chi connectivity index (χ1v) is 9.18. The number of aromatic nitrogens is 2. The predicted molar refractivity (Wildman–Crippen MR) is 101 cm³/mol. The van der Waals surface area contributed by atoms with Crippen LogP contribution in [0.5, 0.6) is 0 Å². The number of halogens is 1. The second kappa shape index (κ2) is 8.34. The van der Waals surface area contributed by atoms with Gasteiger partial charge in [0.15, 0.2) is 0 Å². The summed E-state index contributed by atoms with van der Waals surface area (Å²) in [6.45, 7) is 2.62. The molecule has 1 aromatic heterocycles. The monoisotopic (exact) mass is 344 g/mol. The van der Waals surface area contributed by atoms with Crippen molar-refractivity contribution in [3.63, 3.8) is 0 Å². The molecule has 24 heavy (non-hydrogen) atoms. The van der Waals surface area contributed by atoms with E-state index in [0.29, 0.717) is 18.5 Å². The number of nitrogens with zero attached hydrogens (tertiary/aromatic N) is 2. The third-order valence-electron chi connectivity index (χ3n) is 4.46. The highest BCUT2D eigenvalue weighted by Crippen LogP contribution is 2.21. The van der Waals surface area contributed by atoms with E-state index in [-0.39, 0.29) is 0 Å². The minimum Gasteiger partial charge on any atom is -0.367 e. The number of hydrogen-bond acceptors (Lipinski definition) is 4. The van der Waals surface area contributed by atoms with E-state index in [2.05, 4.69) is 20.6 Å². The molecule has 1 heterocycles. The lowest BCUT2D eigenvalue weighted by molar-refractivity contribution is 0.617. The standard InChI is InChI=1S/C19H25ClN4/c1-14-12-18(23-16-9-4-2-3-5-10-16)24-19(22-14)21-13-15-8-6-7-11-17(15)20/h6-8,11-12,16H,2-5,9-10,13H2,1H3,(H2,21,22,23,24). The second-order valence-corrected chi connectivity index (χ2v) is 6.90. The quantitative estimate of drug-likeness (QED) is 0.733. The topological polar surface area (TPSA) is 49.8 Å². The molecule has 0 saturated heterocycles. The highest BCUT2D eigenvalue weighted by Gasteiger charge is 2.13. The molecular weight excluding hydrogens is 320 g/mol. The van der Waals surface area contributed by atoms with Gasteiger partial charge in [-0.1, -0.05) is 55.5 Å². The zero-order valence-corrected chi connectivity index (χ0v) is 14.9. The second-order valence-electron chi connectivity index (χ2n) is 6.50. The minimum atomic E-state index is 0.526. The van der Waals surface area contributed by atoms with Crippen LogP contribution in [0.3, 0.4) is 0 Å². The normalized spacial score (nSPS) is 15.8. The summed E-state index contributed by atoms with van der Waals surface area (Å²) >= 11 is 6.20. The molecule has 2 N–H and O–H groups in total. The average Bonchev–Trinajstić information content (AvgIpc) is 2.82. The zero-order valence-electron chi connectivity index (χ0n) is 14.2. The van der Waals surface area contributed by atoms with E-state index in [4.69, 9.17) is 11.6 Å². The molecule has 1 aromatic carbocycles. The number of benzene rings is 1. The van der Waals surface area contributed by atoms with Crippen LogP contribution >= 0.6 is 11.6 Å². The Hall–Kier alpha value is -1.81. The van der Waals surface area contributed by atoms with Gasteiger partial charge in [-0.2, -0.15) is 4.98 Å². The largest absolute Gasteiger partial charge is 0.367 e. The van der Waals surface area contributed by atoms with Crippen molar-refractivity contribution in [3.8, 4) is 0 Å². The first-order valence-electron chi connectivity index (χ1n) is 8.80. The molecule has 0 atom stereocenters. The predicted octanol–water partition coefficient (Wildman–Crippen LogP) is 5.19. The van der Waals surface area contributed by atoms with Crippen molar-refractivity contribution in [2.75, 3.05) is 10.6 Å². The van der Waals surface area contributed by atoms with E-state index >= 15 is 0 Å². The molecule has 1 aliphatic carbocycles. The van der Waals surface area contributed by atoms with E-state index in [0.717, 1.165) is 22.1 Å². The highest BCUT2D eigenvalue weighted by atomic mass is 35.5. The summed E-state index contributed by atoms with van der Waals surface area (Å²) in [6, 6.07) is 10.4. The number of aryl methyl sites for hydroxylation is 1. The highest BCUT2D eigenvalue weighted by molar-refractivity contribution is 6.31. The fraction of sp³-hybridized carbons (Fsp3) is 0.474. The lowest BCUT2D eigenvalue weighted by Crippen LogP contribution is -2.19. The van der Waals surface area contributed by atoms with Gasteiger partial charge in [-0.3, -0.25) is 0 Å². The summed E-state index contributed by atoms with van der Waals surface area (Å²) in [4.78, 5) is 9.11. The van der Waals surface area contributed by atoms with Crippen LogP contribution in [0.25, 0.3) is 0 Å². The van der Waals surface area contributed by atoms with Gasteiger partial charge in [-0.15, -0.1) is 0 Å². The molecule has 5 heteroatoms. The van der Waals surface area contributed by atoms with E-state index in [1.165, 1.54) is 38.5 Å². The van der Waals surface area contributed by atoms with Gasteiger partial charge in [0.2, 0.25) is 5.95 Å².